The van der Waals surface area contributed by atoms with Crippen molar-refractivity contribution in [1.29, 1.82) is 0 Å². The zero-order valence-electron chi connectivity index (χ0n) is 14.7. The molecular weight excluding hydrogens is 324 g/mol. The van der Waals surface area contributed by atoms with E-state index in [0.717, 1.165) is 0 Å². The van der Waals surface area contributed by atoms with Crippen molar-refractivity contribution in [2.24, 2.45) is 16.2 Å². The Hall–Kier alpha value is -2.50. The first-order valence-electron chi connectivity index (χ1n) is 8.12. The van der Waals surface area contributed by atoms with Crippen LogP contribution >= 0.6 is 0 Å². The smallest absolute Gasteiger partial charge is 0.341 e. The monoisotopic (exact) mass is 344 g/mol. The third kappa shape index (κ3) is 1.91. The summed E-state index contributed by atoms with van der Waals surface area (Å²) in [6.45, 7) is 5.25. The molecule has 0 saturated heterocycles. The van der Waals surface area contributed by atoms with E-state index in [4.69, 9.17) is 4.74 Å². The van der Waals surface area contributed by atoms with Gasteiger partial charge >= 0.3 is 11.9 Å². The maximum Gasteiger partial charge on any atom is 0.341 e. The summed E-state index contributed by atoms with van der Waals surface area (Å²) in [6, 6.07) is 6.15. The van der Waals surface area contributed by atoms with Gasteiger partial charge in [-0.25, -0.2) is 4.79 Å². The standard InChI is InChI=1S/C19H20O6/c1-17(2)18(3)9-10-19(17,14(21)13(18)20)16(23)25-12-8-6-5-7-11(12)15(22)24-4/h5-8H,9-10H2,1-4H3/t18-,19-/m0/s1. The Morgan fingerprint density at radius 2 is 1.64 bits per heavy atom. The van der Waals surface area contributed by atoms with Crippen molar-refractivity contribution in [3.8, 4) is 5.75 Å². The lowest BCUT2D eigenvalue weighted by Crippen LogP contribution is -2.47. The fraction of sp³-hybridized carbons (Fsp3) is 0.474. The van der Waals surface area contributed by atoms with Gasteiger partial charge < -0.3 is 9.47 Å². The SMILES string of the molecule is COC(=O)c1ccccc1OC(=O)[C@]12CC[C@@](C)(C(=O)C1=O)C2(C)C. The Labute approximate surface area is 145 Å². The van der Waals surface area contributed by atoms with E-state index in [2.05, 4.69) is 4.74 Å². The molecule has 2 saturated carbocycles. The fourth-order valence-electron chi connectivity index (χ4n) is 4.24. The molecule has 25 heavy (non-hydrogen) atoms. The van der Waals surface area contributed by atoms with E-state index in [1.54, 1.807) is 32.9 Å². The zero-order chi connectivity index (χ0) is 18.6. The third-order valence-corrected chi connectivity index (χ3v) is 6.38. The minimum Gasteiger partial charge on any atom is -0.465 e. The first kappa shape index (κ1) is 17.3. The first-order chi connectivity index (χ1) is 11.6. The Balaban J connectivity index is 2.02. The summed E-state index contributed by atoms with van der Waals surface area (Å²) >= 11 is 0. The van der Waals surface area contributed by atoms with Crippen LogP contribution in [0.5, 0.6) is 5.75 Å². The molecule has 0 heterocycles. The summed E-state index contributed by atoms with van der Waals surface area (Å²) in [4.78, 5) is 50.0. The number of hydrogen-bond acceptors (Lipinski definition) is 6. The lowest BCUT2D eigenvalue weighted by molar-refractivity contribution is -0.157. The highest BCUT2D eigenvalue weighted by atomic mass is 16.5. The Morgan fingerprint density at radius 1 is 1.00 bits per heavy atom. The summed E-state index contributed by atoms with van der Waals surface area (Å²) < 4.78 is 10.1. The van der Waals surface area contributed by atoms with E-state index in [9.17, 15) is 19.2 Å². The lowest BCUT2D eigenvalue weighted by Gasteiger charge is -2.36. The van der Waals surface area contributed by atoms with Crippen LogP contribution in [0.4, 0.5) is 0 Å². The van der Waals surface area contributed by atoms with Gasteiger partial charge in [0, 0.05) is 10.8 Å². The number of rotatable bonds is 3. The van der Waals surface area contributed by atoms with Crippen molar-refractivity contribution < 1.29 is 28.7 Å². The summed E-state index contributed by atoms with van der Waals surface area (Å²) in [5.74, 6) is -2.61. The number of Topliss-reactive ketones (excluding diaryl/α,β-unsaturated/α-hetero) is 2. The quantitative estimate of drug-likeness (QED) is 0.362. The first-order valence-corrected chi connectivity index (χ1v) is 8.12. The van der Waals surface area contributed by atoms with Gasteiger partial charge in [-0.3, -0.25) is 14.4 Å². The van der Waals surface area contributed by atoms with Gasteiger partial charge in [0.1, 0.15) is 16.7 Å². The van der Waals surface area contributed by atoms with E-state index in [1.165, 1.54) is 19.2 Å². The van der Waals surface area contributed by atoms with Gasteiger partial charge in [-0.05, 0) is 25.0 Å². The van der Waals surface area contributed by atoms with Crippen LogP contribution in [0.1, 0.15) is 44.0 Å². The summed E-state index contributed by atoms with van der Waals surface area (Å²) in [7, 11) is 1.23. The lowest BCUT2D eigenvalue weighted by atomic mass is 9.65. The van der Waals surface area contributed by atoms with Crippen LogP contribution in [-0.2, 0) is 19.1 Å². The van der Waals surface area contributed by atoms with Crippen molar-refractivity contribution >= 4 is 23.5 Å². The molecule has 0 amide bonds. The van der Waals surface area contributed by atoms with Crippen molar-refractivity contribution in [2.45, 2.75) is 33.6 Å². The molecule has 0 aliphatic heterocycles. The largest absolute Gasteiger partial charge is 0.465 e. The molecule has 1 aromatic rings. The number of hydrogen-bond donors (Lipinski definition) is 0. The van der Waals surface area contributed by atoms with Gasteiger partial charge in [-0.1, -0.05) is 32.9 Å². The number of esters is 2. The van der Waals surface area contributed by atoms with Gasteiger partial charge in [-0.2, -0.15) is 0 Å². The number of carbonyl (C=O) groups is 4. The third-order valence-electron chi connectivity index (χ3n) is 6.38. The maximum atomic E-state index is 13.0. The molecule has 2 fully saturated rings. The molecule has 2 atom stereocenters. The minimum absolute atomic E-state index is 0.0188. The number of methoxy groups -OCH3 is 1. The average Bonchev–Trinajstić information content (AvgIpc) is 2.86. The second kappa shape index (κ2) is 5.25. The van der Waals surface area contributed by atoms with E-state index in [0.29, 0.717) is 6.42 Å². The number of benzene rings is 1. The molecule has 132 valence electrons. The summed E-state index contributed by atoms with van der Waals surface area (Å²) in [5, 5.41) is 0. The average molecular weight is 344 g/mol. The normalized spacial score (nSPS) is 29.6. The number of ether oxygens (including phenoxy) is 2. The van der Waals surface area contributed by atoms with Gasteiger partial charge in [0.05, 0.1) is 7.11 Å². The van der Waals surface area contributed by atoms with E-state index in [1.807, 2.05) is 0 Å². The number of para-hydroxylation sites is 1. The Kier molecular flexibility index (Phi) is 3.64. The fourth-order valence-corrected chi connectivity index (χ4v) is 4.24. The number of ketones is 2. The predicted octanol–water partition coefficient (Wildman–Crippen LogP) is 2.34. The van der Waals surface area contributed by atoms with Gasteiger partial charge in [0.15, 0.2) is 0 Å². The second-order valence-electron chi connectivity index (χ2n) is 7.40. The van der Waals surface area contributed by atoms with Crippen molar-refractivity contribution in [3.05, 3.63) is 29.8 Å². The molecular formula is C19H20O6. The Morgan fingerprint density at radius 3 is 2.20 bits per heavy atom. The number of carbonyl (C=O) groups excluding carboxylic acids is 4. The van der Waals surface area contributed by atoms with E-state index < -0.39 is 39.8 Å². The topological polar surface area (TPSA) is 86.7 Å². The molecule has 6 heteroatoms. The molecule has 2 aliphatic rings. The van der Waals surface area contributed by atoms with Crippen molar-refractivity contribution in [3.63, 3.8) is 0 Å². The van der Waals surface area contributed by atoms with Crippen LogP contribution in [0.3, 0.4) is 0 Å². The molecule has 2 aliphatic carbocycles. The van der Waals surface area contributed by atoms with Crippen LogP contribution in [0.15, 0.2) is 24.3 Å². The van der Waals surface area contributed by atoms with Crippen molar-refractivity contribution in [1.82, 2.24) is 0 Å². The van der Waals surface area contributed by atoms with Gasteiger partial charge in [-0.15, -0.1) is 0 Å². The van der Waals surface area contributed by atoms with Gasteiger partial charge in [0.25, 0.3) is 0 Å². The van der Waals surface area contributed by atoms with E-state index in [-0.39, 0.29) is 17.7 Å². The Bertz CT molecular complexity index is 808. The van der Waals surface area contributed by atoms with Gasteiger partial charge in [0.2, 0.25) is 11.6 Å². The summed E-state index contributed by atoms with van der Waals surface area (Å²) in [6.07, 6.45) is 0.721. The highest BCUT2D eigenvalue weighted by molar-refractivity contribution is 6.48. The highest BCUT2D eigenvalue weighted by Gasteiger charge is 2.78. The molecule has 0 N–H and O–H groups in total. The predicted molar refractivity (Wildman–Crippen MR) is 87.0 cm³/mol. The molecule has 6 nitrogen and oxygen atoms in total. The van der Waals surface area contributed by atoms with Crippen LogP contribution in [0, 0.1) is 16.2 Å². The van der Waals surface area contributed by atoms with Crippen molar-refractivity contribution in [2.75, 3.05) is 7.11 Å². The van der Waals surface area contributed by atoms with Crippen LogP contribution < -0.4 is 4.74 Å². The van der Waals surface area contributed by atoms with Crippen LogP contribution in [-0.4, -0.2) is 30.6 Å². The van der Waals surface area contributed by atoms with Crippen LogP contribution in [0.2, 0.25) is 0 Å². The second-order valence-corrected chi connectivity index (χ2v) is 7.40. The summed E-state index contributed by atoms with van der Waals surface area (Å²) in [5.41, 5.74) is -3.15. The molecule has 0 unspecified atom stereocenters. The number of fused-ring (bicyclic) bond motifs is 2. The molecule has 0 aromatic heterocycles. The zero-order valence-corrected chi connectivity index (χ0v) is 14.7. The molecule has 3 rings (SSSR count). The molecule has 0 radical (unpaired) electrons. The maximum absolute atomic E-state index is 13.0. The molecule has 1 aromatic carbocycles. The highest BCUT2D eigenvalue weighted by Crippen LogP contribution is 2.69. The molecule has 2 bridgehead atoms. The van der Waals surface area contributed by atoms with E-state index >= 15 is 0 Å². The molecule has 0 spiro atoms. The minimum atomic E-state index is -1.51. The van der Waals surface area contributed by atoms with Crippen LogP contribution in [0.25, 0.3) is 0 Å².